The van der Waals surface area contributed by atoms with Crippen LogP contribution in [0.1, 0.15) is 24.0 Å². The molecule has 0 radical (unpaired) electrons. The third-order valence-corrected chi connectivity index (χ3v) is 8.29. The van der Waals surface area contributed by atoms with Gasteiger partial charge in [0.1, 0.15) is 0 Å². The van der Waals surface area contributed by atoms with Gasteiger partial charge in [-0.2, -0.15) is 17.5 Å². The standard InChI is InChI=1S/C27H22F3N3O4S/c28-27(29,30)18-7-5-9-20(15-18)33-25(34)23-12-2-1-11-22(23)24(26(33)35)17-31-19-8-6-10-21(16-19)38(36,37)32-13-3-4-14-32/h1-2,5-12,15-17,35H,3-4,13-14H2. The summed E-state index contributed by atoms with van der Waals surface area (Å²) in [5.74, 6) is -0.599. The van der Waals surface area contributed by atoms with Gasteiger partial charge in [0.15, 0.2) is 0 Å². The van der Waals surface area contributed by atoms with Gasteiger partial charge in [-0.1, -0.05) is 30.3 Å². The molecule has 38 heavy (non-hydrogen) atoms. The van der Waals surface area contributed by atoms with Crippen molar-refractivity contribution in [1.29, 1.82) is 0 Å². The molecule has 0 spiro atoms. The van der Waals surface area contributed by atoms with Gasteiger partial charge in [-0.05, 0) is 55.3 Å². The molecule has 0 atom stereocenters. The van der Waals surface area contributed by atoms with Crippen molar-refractivity contribution < 1.29 is 26.7 Å². The minimum Gasteiger partial charge on any atom is -0.494 e. The van der Waals surface area contributed by atoms with Gasteiger partial charge in [-0.25, -0.2) is 13.0 Å². The Hall–Kier alpha value is -3.96. The molecule has 7 nitrogen and oxygen atoms in total. The lowest BCUT2D eigenvalue weighted by molar-refractivity contribution is -0.137. The third kappa shape index (κ3) is 4.70. The molecule has 196 valence electrons. The van der Waals surface area contributed by atoms with Gasteiger partial charge in [0, 0.05) is 30.1 Å². The van der Waals surface area contributed by atoms with Crippen LogP contribution in [0.4, 0.5) is 18.9 Å². The number of halogens is 3. The smallest absolute Gasteiger partial charge is 0.416 e. The Morgan fingerprint density at radius 3 is 2.29 bits per heavy atom. The monoisotopic (exact) mass is 541 g/mol. The molecule has 4 aromatic rings. The van der Waals surface area contributed by atoms with E-state index in [1.165, 1.54) is 34.8 Å². The van der Waals surface area contributed by atoms with Gasteiger partial charge < -0.3 is 5.11 Å². The first-order valence-corrected chi connectivity index (χ1v) is 13.2. The van der Waals surface area contributed by atoms with Crippen molar-refractivity contribution in [2.24, 2.45) is 4.99 Å². The number of benzene rings is 3. The van der Waals surface area contributed by atoms with Crippen molar-refractivity contribution in [2.45, 2.75) is 23.9 Å². The Bertz CT molecular complexity index is 1720. The van der Waals surface area contributed by atoms with E-state index in [2.05, 4.69) is 4.99 Å². The molecule has 5 rings (SSSR count). The average molecular weight is 542 g/mol. The predicted molar refractivity (Wildman–Crippen MR) is 138 cm³/mol. The van der Waals surface area contributed by atoms with Gasteiger partial charge in [-0.15, -0.1) is 0 Å². The molecule has 0 bridgehead atoms. The second-order valence-electron chi connectivity index (χ2n) is 8.84. The van der Waals surface area contributed by atoms with Crippen LogP contribution in [0.3, 0.4) is 0 Å². The number of aliphatic imine (C=N–C) groups is 1. The van der Waals surface area contributed by atoms with E-state index in [9.17, 15) is 31.5 Å². The van der Waals surface area contributed by atoms with E-state index in [0.29, 0.717) is 18.5 Å². The molecule has 1 aromatic heterocycles. The summed E-state index contributed by atoms with van der Waals surface area (Å²) in [6, 6.07) is 16.5. The number of hydrogen-bond acceptors (Lipinski definition) is 5. The highest BCUT2D eigenvalue weighted by Gasteiger charge is 2.31. The van der Waals surface area contributed by atoms with Crippen molar-refractivity contribution in [3.05, 3.63) is 94.3 Å². The fraction of sp³-hybridized carbons (Fsp3) is 0.185. The first kappa shape index (κ1) is 25.7. The van der Waals surface area contributed by atoms with Gasteiger partial charge in [-0.3, -0.25) is 9.79 Å². The normalized spacial score (nSPS) is 15.0. The predicted octanol–water partition coefficient (Wildman–Crippen LogP) is 5.25. The van der Waals surface area contributed by atoms with E-state index in [1.54, 1.807) is 30.3 Å². The molecular weight excluding hydrogens is 519 g/mol. The largest absolute Gasteiger partial charge is 0.494 e. The molecule has 2 heterocycles. The topological polar surface area (TPSA) is 92.0 Å². The highest BCUT2D eigenvalue weighted by Crippen LogP contribution is 2.32. The Balaban J connectivity index is 1.63. The van der Waals surface area contributed by atoms with Crippen LogP contribution in [0.5, 0.6) is 5.88 Å². The van der Waals surface area contributed by atoms with E-state index >= 15 is 0 Å². The second kappa shape index (κ2) is 9.73. The van der Waals surface area contributed by atoms with Crippen LogP contribution < -0.4 is 5.56 Å². The fourth-order valence-electron chi connectivity index (χ4n) is 4.49. The number of sulfonamides is 1. The Morgan fingerprint density at radius 1 is 0.895 bits per heavy atom. The molecule has 1 N–H and O–H groups in total. The minimum absolute atomic E-state index is 0.0806. The quantitative estimate of drug-likeness (QED) is 0.350. The van der Waals surface area contributed by atoms with Crippen molar-refractivity contribution >= 4 is 32.7 Å². The summed E-state index contributed by atoms with van der Waals surface area (Å²) in [5, 5.41) is 11.6. The van der Waals surface area contributed by atoms with E-state index in [1.807, 2.05) is 0 Å². The summed E-state index contributed by atoms with van der Waals surface area (Å²) in [4.78, 5) is 17.7. The van der Waals surface area contributed by atoms with Crippen molar-refractivity contribution in [1.82, 2.24) is 8.87 Å². The van der Waals surface area contributed by atoms with Crippen LogP contribution in [-0.4, -0.2) is 41.7 Å². The van der Waals surface area contributed by atoms with E-state index in [4.69, 9.17) is 0 Å². The molecule has 0 saturated carbocycles. The number of rotatable bonds is 5. The summed E-state index contributed by atoms with van der Waals surface area (Å²) in [5.41, 5.74) is -1.47. The van der Waals surface area contributed by atoms with Crippen LogP contribution in [0, 0.1) is 0 Å². The molecular formula is C27H22F3N3O4S. The summed E-state index contributed by atoms with van der Waals surface area (Å²) in [7, 11) is -3.68. The number of nitrogens with zero attached hydrogens (tertiary/aromatic N) is 3. The van der Waals surface area contributed by atoms with Gasteiger partial charge in [0.05, 0.1) is 27.4 Å². The average Bonchev–Trinajstić information content (AvgIpc) is 3.45. The molecule has 1 aliphatic heterocycles. The van der Waals surface area contributed by atoms with Crippen LogP contribution in [0.25, 0.3) is 16.5 Å². The number of alkyl halides is 3. The Morgan fingerprint density at radius 2 is 1.58 bits per heavy atom. The van der Waals surface area contributed by atoms with Crippen molar-refractivity contribution in [3.8, 4) is 11.6 Å². The van der Waals surface area contributed by atoms with Crippen LogP contribution in [0.2, 0.25) is 0 Å². The molecule has 0 aliphatic carbocycles. The minimum atomic E-state index is -4.64. The van der Waals surface area contributed by atoms with Gasteiger partial charge in [0.2, 0.25) is 15.9 Å². The highest BCUT2D eigenvalue weighted by molar-refractivity contribution is 7.89. The maximum absolute atomic E-state index is 13.3. The van der Waals surface area contributed by atoms with E-state index in [0.717, 1.165) is 35.6 Å². The van der Waals surface area contributed by atoms with Crippen LogP contribution in [-0.2, 0) is 16.2 Å². The first-order valence-electron chi connectivity index (χ1n) is 11.8. The van der Waals surface area contributed by atoms with Crippen LogP contribution >= 0.6 is 0 Å². The maximum atomic E-state index is 13.3. The highest BCUT2D eigenvalue weighted by atomic mass is 32.2. The molecule has 1 fully saturated rings. The summed E-state index contributed by atoms with van der Waals surface area (Å²) >= 11 is 0. The zero-order chi connectivity index (χ0) is 27.1. The second-order valence-corrected chi connectivity index (χ2v) is 10.8. The Labute approximate surface area is 216 Å². The van der Waals surface area contributed by atoms with Gasteiger partial charge in [0.25, 0.3) is 5.56 Å². The molecule has 3 aromatic carbocycles. The molecule has 1 saturated heterocycles. The number of aromatic nitrogens is 1. The van der Waals surface area contributed by atoms with Crippen LogP contribution in [0.15, 0.2) is 87.5 Å². The zero-order valence-corrected chi connectivity index (χ0v) is 20.7. The number of hydrogen-bond donors (Lipinski definition) is 1. The zero-order valence-electron chi connectivity index (χ0n) is 19.9. The molecule has 0 amide bonds. The summed E-state index contributed by atoms with van der Waals surface area (Å²) in [6.07, 6.45) is -1.78. The summed E-state index contributed by atoms with van der Waals surface area (Å²) < 4.78 is 68.1. The number of aromatic hydroxyl groups is 1. The first-order chi connectivity index (χ1) is 18.1. The molecule has 1 aliphatic rings. The lowest BCUT2D eigenvalue weighted by atomic mass is 10.1. The van der Waals surface area contributed by atoms with Gasteiger partial charge >= 0.3 is 6.18 Å². The third-order valence-electron chi connectivity index (χ3n) is 6.40. The number of pyridine rings is 1. The number of fused-ring (bicyclic) bond motifs is 1. The fourth-order valence-corrected chi connectivity index (χ4v) is 6.05. The SMILES string of the molecule is O=c1c2ccccc2c(C=Nc2cccc(S(=O)(=O)N3CCCC3)c2)c(O)n1-c1cccc(C(F)(F)F)c1. The van der Waals surface area contributed by atoms with E-state index in [-0.39, 0.29) is 27.2 Å². The lowest BCUT2D eigenvalue weighted by Gasteiger charge is -2.16. The van der Waals surface area contributed by atoms with Crippen molar-refractivity contribution in [3.63, 3.8) is 0 Å². The Kier molecular flexibility index (Phi) is 6.58. The maximum Gasteiger partial charge on any atom is 0.416 e. The van der Waals surface area contributed by atoms with E-state index < -0.39 is 33.2 Å². The molecule has 0 unspecified atom stereocenters. The lowest BCUT2D eigenvalue weighted by Crippen LogP contribution is -2.27. The summed E-state index contributed by atoms with van der Waals surface area (Å²) in [6.45, 7) is 0.902. The molecule has 11 heteroatoms. The van der Waals surface area contributed by atoms with Crippen molar-refractivity contribution in [2.75, 3.05) is 13.1 Å².